The molecule has 0 saturated carbocycles. The van der Waals surface area contributed by atoms with Crippen LogP contribution < -0.4 is 5.32 Å². The predicted octanol–water partition coefficient (Wildman–Crippen LogP) is 4.46. The number of benzene rings is 2. The summed E-state index contributed by atoms with van der Waals surface area (Å²) in [5.74, 6) is -0.117. The highest BCUT2D eigenvalue weighted by molar-refractivity contribution is 9.11. The summed E-state index contributed by atoms with van der Waals surface area (Å²) in [6.45, 7) is 0. The summed E-state index contributed by atoms with van der Waals surface area (Å²) < 4.78 is 1.80. The lowest BCUT2D eigenvalue weighted by Gasteiger charge is -2.07. The van der Waals surface area contributed by atoms with Crippen LogP contribution in [0.15, 0.2) is 57.5 Å². The van der Waals surface area contributed by atoms with Crippen molar-refractivity contribution in [3.63, 3.8) is 0 Å². The van der Waals surface area contributed by atoms with Crippen LogP contribution >= 0.6 is 31.9 Å². The molecule has 0 aliphatic carbocycles. The van der Waals surface area contributed by atoms with Gasteiger partial charge in [-0.25, -0.2) is 0 Å². The van der Waals surface area contributed by atoms with Crippen molar-refractivity contribution in [3.8, 4) is 0 Å². The average molecular weight is 355 g/mol. The largest absolute Gasteiger partial charge is 0.321 e. The quantitative estimate of drug-likeness (QED) is 0.847. The summed E-state index contributed by atoms with van der Waals surface area (Å²) in [5.41, 5.74) is 1.39. The molecule has 0 fully saturated rings. The molecule has 2 aromatic rings. The second kappa shape index (κ2) is 5.47. The average Bonchev–Trinajstić information content (AvgIpc) is 2.34. The van der Waals surface area contributed by atoms with Crippen LogP contribution in [-0.4, -0.2) is 5.91 Å². The van der Waals surface area contributed by atoms with Crippen LogP contribution in [0.2, 0.25) is 0 Å². The zero-order valence-electron chi connectivity index (χ0n) is 8.78. The molecule has 0 atom stereocenters. The molecule has 0 aliphatic heterocycles. The van der Waals surface area contributed by atoms with E-state index in [4.69, 9.17) is 0 Å². The highest BCUT2D eigenvalue weighted by Crippen LogP contribution is 2.26. The number of nitrogens with one attached hydrogen (secondary N) is 1. The van der Waals surface area contributed by atoms with Gasteiger partial charge in [-0.15, -0.1) is 0 Å². The first-order valence-electron chi connectivity index (χ1n) is 4.98. The van der Waals surface area contributed by atoms with Gasteiger partial charge in [-0.05, 0) is 46.3 Å². The van der Waals surface area contributed by atoms with Gasteiger partial charge in [0.05, 0.1) is 5.69 Å². The number of carbonyl (C=O) groups is 1. The van der Waals surface area contributed by atoms with E-state index in [1.54, 1.807) is 12.1 Å². The van der Waals surface area contributed by atoms with E-state index in [1.807, 2.05) is 36.4 Å². The first-order valence-corrected chi connectivity index (χ1v) is 6.57. The van der Waals surface area contributed by atoms with Gasteiger partial charge in [0.25, 0.3) is 5.91 Å². The molecule has 1 amide bonds. The summed E-state index contributed by atoms with van der Waals surface area (Å²) in [6.07, 6.45) is 0. The van der Waals surface area contributed by atoms with Crippen molar-refractivity contribution >= 4 is 43.5 Å². The number of hydrogen-bond acceptors (Lipinski definition) is 1. The molecule has 0 heterocycles. The predicted molar refractivity (Wildman–Crippen MR) is 76.2 cm³/mol. The molecule has 1 N–H and O–H groups in total. The van der Waals surface area contributed by atoms with Gasteiger partial charge in [0.1, 0.15) is 0 Å². The smallest absolute Gasteiger partial charge is 0.255 e. The van der Waals surface area contributed by atoms with Crippen molar-refractivity contribution in [3.05, 3.63) is 63.0 Å². The molecule has 86 valence electrons. The van der Waals surface area contributed by atoms with Crippen molar-refractivity contribution in [1.82, 2.24) is 0 Å². The molecule has 0 radical (unpaired) electrons. The normalized spacial score (nSPS) is 10.0. The third-order valence-electron chi connectivity index (χ3n) is 2.22. The fourth-order valence-corrected chi connectivity index (χ4v) is 2.52. The maximum absolute atomic E-state index is 11.9. The summed E-state index contributed by atoms with van der Waals surface area (Å²) in [4.78, 5) is 11.9. The Bertz CT molecular complexity index is 540. The molecule has 0 spiro atoms. The molecular formula is C13H9Br2NO. The minimum absolute atomic E-state index is 0.117. The Balaban J connectivity index is 2.19. The molecule has 4 heteroatoms. The number of carbonyl (C=O) groups excluding carboxylic acids is 1. The second-order valence-electron chi connectivity index (χ2n) is 3.44. The third-order valence-corrected chi connectivity index (χ3v) is 3.36. The van der Waals surface area contributed by atoms with Gasteiger partial charge in [-0.2, -0.15) is 0 Å². The highest BCUT2D eigenvalue weighted by Gasteiger charge is 2.07. The van der Waals surface area contributed by atoms with Crippen molar-refractivity contribution in [2.24, 2.45) is 0 Å². The van der Waals surface area contributed by atoms with Crippen LogP contribution in [0, 0.1) is 0 Å². The van der Waals surface area contributed by atoms with Crippen LogP contribution in [0.1, 0.15) is 10.4 Å². The van der Waals surface area contributed by atoms with E-state index in [-0.39, 0.29) is 5.91 Å². The number of halogens is 2. The topological polar surface area (TPSA) is 29.1 Å². The van der Waals surface area contributed by atoms with Crippen LogP contribution in [-0.2, 0) is 0 Å². The maximum atomic E-state index is 11.9. The van der Waals surface area contributed by atoms with Crippen molar-refractivity contribution in [2.45, 2.75) is 0 Å². The first kappa shape index (κ1) is 12.3. The van der Waals surface area contributed by atoms with Crippen molar-refractivity contribution in [1.29, 1.82) is 0 Å². The highest BCUT2D eigenvalue weighted by atomic mass is 79.9. The molecule has 0 saturated heterocycles. The van der Waals surface area contributed by atoms with E-state index < -0.39 is 0 Å². The Morgan fingerprint density at radius 3 is 2.35 bits per heavy atom. The van der Waals surface area contributed by atoms with Crippen LogP contribution in [0.5, 0.6) is 0 Å². The van der Waals surface area contributed by atoms with Gasteiger partial charge in [-0.3, -0.25) is 4.79 Å². The molecule has 0 unspecified atom stereocenters. The van der Waals surface area contributed by atoms with Crippen LogP contribution in [0.3, 0.4) is 0 Å². The van der Waals surface area contributed by atoms with E-state index >= 15 is 0 Å². The Kier molecular flexibility index (Phi) is 3.97. The van der Waals surface area contributed by atoms with E-state index in [9.17, 15) is 4.79 Å². The summed E-state index contributed by atoms with van der Waals surface area (Å²) in [7, 11) is 0. The Hall–Kier alpha value is -1.13. The summed E-state index contributed by atoms with van der Waals surface area (Å²) in [6, 6.07) is 14.7. The van der Waals surface area contributed by atoms with Crippen molar-refractivity contribution < 1.29 is 4.79 Å². The molecule has 2 aromatic carbocycles. The zero-order valence-corrected chi connectivity index (χ0v) is 12.0. The minimum Gasteiger partial charge on any atom is -0.321 e. The molecule has 0 aromatic heterocycles. The van der Waals surface area contributed by atoms with Gasteiger partial charge in [0.15, 0.2) is 0 Å². The fraction of sp³-hybridized carbons (Fsp3) is 0. The molecular weight excluding hydrogens is 346 g/mol. The number of anilines is 1. The molecule has 17 heavy (non-hydrogen) atoms. The lowest BCUT2D eigenvalue weighted by Crippen LogP contribution is -2.11. The van der Waals surface area contributed by atoms with Crippen molar-refractivity contribution in [2.75, 3.05) is 5.32 Å². The van der Waals surface area contributed by atoms with Gasteiger partial charge >= 0.3 is 0 Å². The zero-order chi connectivity index (χ0) is 12.3. The lowest BCUT2D eigenvalue weighted by molar-refractivity contribution is 0.102. The molecule has 2 nitrogen and oxygen atoms in total. The second-order valence-corrected chi connectivity index (χ2v) is 5.21. The Morgan fingerprint density at radius 2 is 1.71 bits per heavy atom. The number of rotatable bonds is 2. The van der Waals surface area contributed by atoms with Crippen LogP contribution in [0.25, 0.3) is 0 Å². The SMILES string of the molecule is O=C(Nc1ccc(Br)cc1Br)c1ccccc1. The molecule has 2 rings (SSSR count). The fourth-order valence-electron chi connectivity index (χ4n) is 1.37. The third kappa shape index (κ3) is 3.17. The number of hydrogen-bond donors (Lipinski definition) is 1. The number of amides is 1. The Labute approximate surface area is 116 Å². The van der Waals surface area contributed by atoms with Gasteiger partial charge < -0.3 is 5.32 Å². The monoisotopic (exact) mass is 353 g/mol. The van der Waals surface area contributed by atoms with E-state index in [0.29, 0.717) is 5.56 Å². The van der Waals surface area contributed by atoms with E-state index in [2.05, 4.69) is 37.2 Å². The van der Waals surface area contributed by atoms with Gasteiger partial charge in [0, 0.05) is 14.5 Å². The van der Waals surface area contributed by atoms with E-state index in [1.165, 1.54) is 0 Å². The first-order chi connectivity index (χ1) is 8.16. The van der Waals surface area contributed by atoms with Gasteiger partial charge in [-0.1, -0.05) is 34.1 Å². The molecule has 0 bridgehead atoms. The maximum Gasteiger partial charge on any atom is 0.255 e. The summed E-state index contributed by atoms with van der Waals surface area (Å²) >= 11 is 6.77. The Morgan fingerprint density at radius 1 is 1.00 bits per heavy atom. The van der Waals surface area contributed by atoms with E-state index in [0.717, 1.165) is 14.6 Å². The summed E-state index contributed by atoms with van der Waals surface area (Å²) in [5, 5.41) is 2.85. The van der Waals surface area contributed by atoms with Gasteiger partial charge in [0.2, 0.25) is 0 Å². The minimum atomic E-state index is -0.117. The standard InChI is InChI=1S/C13H9Br2NO/c14-10-6-7-12(11(15)8-10)16-13(17)9-4-2-1-3-5-9/h1-8H,(H,16,17). The lowest BCUT2D eigenvalue weighted by atomic mass is 10.2. The van der Waals surface area contributed by atoms with Crippen LogP contribution in [0.4, 0.5) is 5.69 Å². The molecule has 0 aliphatic rings.